The number of unbranched alkanes of at least 4 members (excludes halogenated alkanes) is 1. The molecule has 1 amide bonds. The van der Waals surface area contributed by atoms with Crippen LogP contribution in [-0.4, -0.2) is 31.2 Å². The van der Waals surface area contributed by atoms with Gasteiger partial charge in [0.1, 0.15) is 11.0 Å². The zero-order valence-electron chi connectivity index (χ0n) is 9.50. The van der Waals surface area contributed by atoms with E-state index < -0.39 is 11.7 Å². The molecule has 1 aromatic rings. The van der Waals surface area contributed by atoms with Gasteiger partial charge in [-0.3, -0.25) is 4.79 Å². The van der Waals surface area contributed by atoms with Crippen molar-refractivity contribution in [1.29, 1.82) is 0 Å². The first-order chi connectivity index (χ1) is 8.15. The number of pyridine rings is 1. The third-order valence-corrected chi connectivity index (χ3v) is 2.41. The number of carbonyl (C=O) groups excluding carboxylic acids is 1. The van der Waals surface area contributed by atoms with Gasteiger partial charge in [-0.2, -0.15) is 0 Å². The second-order valence-electron chi connectivity index (χ2n) is 3.45. The Balaban J connectivity index is 2.44. The number of aromatic nitrogens is 1. The first-order valence-electron chi connectivity index (χ1n) is 5.23. The highest BCUT2D eigenvalue weighted by molar-refractivity contribution is 6.32. The summed E-state index contributed by atoms with van der Waals surface area (Å²) in [6, 6.07) is 1.07. The summed E-state index contributed by atoms with van der Waals surface area (Å²) in [6.07, 6.45) is 2.61. The maximum atomic E-state index is 12.9. The summed E-state index contributed by atoms with van der Waals surface area (Å²) in [6.45, 7) is 1.15. The number of halogens is 2. The highest BCUT2D eigenvalue weighted by Gasteiger charge is 2.11. The van der Waals surface area contributed by atoms with Crippen molar-refractivity contribution in [2.75, 3.05) is 20.3 Å². The molecule has 4 nitrogen and oxygen atoms in total. The van der Waals surface area contributed by atoms with Crippen LogP contribution < -0.4 is 5.32 Å². The molecule has 0 bridgehead atoms. The summed E-state index contributed by atoms with van der Waals surface area (Å²) in [5.41, 5.74) is 0.0541. The van der Waals surface area contributed by atoms with Gasteiger partial charge in [-0.1, -0.05) is 11.6 Å². The van der Waals surface area contributed by atoms with Crippen LogP contribution in [0.1, 0.15) is 23.2 Å². The minimum Gasteiger partial charge on any atom is -0.385 e. The lowest BCUT2D eigenvalue weighted by Gasteiger charge is -2.06. The van der Waals surface area contributed by atoms with E-state index in [0.29, 0.717) is 13.2 Å². The second kappa shape index (κ2) is 7.19. The van der Waals surface area contributed by atoms with Gasteiger partial charge in [-0.05, 0) is 18.9 Å². The zero-order valence-corrected chi connectivity index (χ0v) is 10.3. The molecule has 0 unspecified atom stereocenters. The predicted octanol–water partition coefficient (Wildman–Crippen LogP) is 2.03. The van der Waals surface area contributed by atoms with Gasteiger partial charge >= 0.3 is 0 Å². The first kappa shape index (κ1) is 13.9. The smallest absolute Gasteiger partial charge is 0.254 e. The number of ether oxygens (including phenoxy) is 1. The third-order valence-electron chi connectivity index (χ3n) is 2.11. The molecule has 0 aromatic carbocycles. The van der Waals surface area contributed by atoms with E-state index in [1.54, 1.807) is 7.11 Å². The number of methoxy groups -OCH3 is 1. The minimum absolute atomic E-state index is 0.000733. The van der Waals surface area contributed by atoms with Crippen molar-refractivity contribution in [3.8, 4) is 0 Å². The van der Waals surface area contributed by atoms with E-state index in [2.05, 4.69) is 10.3 Å². The lowest BCUT2D eigenvalue weighted by atomic mass is 10.2. The molecule has 0 atom stereocenters. The molecule has 0 aliphatic rings. The van der Waals surface area contributed by atoms with Crippen LogP contribution in [-0.2, 0) is 4.74 Å². The van der Waals surface area contributed by atoms with Crippen molar-refractivity contribution in [3.05, 3.63) is 28.8 Å². The van der Waals surface area contributed by atoms with Gasteiger partial charge in [-0.25, -0.2) is 9.37 Å². The Kier molecular flexibility index (Phi) is 5.86. The molecule has 1 N–H and O–H groups in total. The van der Waals surface area contributed by atoms with E-state index in [1.165, 1.54) is 0 Å². The molecule has 1 heterocycles. The summed E-state index contributed by atoms with van der Waals surface area (Å²) in [4.78, 5) is 15.2. The van der Waals surface area contributed by atoms with Crippen LogP contribution in [0.3, 0.4) is 0 Å². The molecule has 94 valence electrons. The van der Waals surface area contributed by atoms with Gasteiger partial charge in [0.2, 0.25) is 0 Å². The molecule has 0 aliphatic carbocycles. The molecule has 0 saturated carbocycles. The Morgan fingerprint density at radius 2 is 2.35 bits per heavy atom. The van der Waals surface area contributed by atoms with Gasteiger partial charge in [0.15, 0.2) is 0 Å². The monoisotopic (exact) mass is 260 g/mol. The summed E-state index contributed by atoms with van der Waals surface area (Å²) in [7, 11) is 1.62. The predicted molar refractivity (Wildman–Crippen MR) is 62.6 cm³/mol. The van der Waals surface area contributed by atoms with Crippen LogP contribution in [0.4, 0.5) is 4.39 Å². The Hall–Kier alpha value is -1.20. The van der Waals surface area contributed by atoms with Crippen molar-refractivity contribution in [2.45, 2.75) is 12.8 Å². The number of nitrogens with zero attached hydrogens (tertiary/aromatic N) is 1. The van der Waals surface area contributed by atoms with E-state index in [4.69, 9.17) is 16.3 Å². The van der Waals surface area contributed by atoms with Crippen molar-refractivity contribution in [2.24, 2.45) is 0 Å². The van der Waals surface area contributed by atoms with Crippen molar-refractivity contribution in [3.63, 3.8) is 0 Å². The van der Waals surface area contributed by atoms with E-state index in [9.17, 15) is 9.18 Å². The molecule has 0 spiro atoms. The maximum absolute atomic E-state index is 12.9. The quantitative estimate of drug-likeness (QED) is 0.629. The summed E-state index contributed by atoms with van der Waals surface area (Å²) in [5, 5.41) is 2.64. The fourth-order valence-electron chi connectivity index (χ4n) is 1.25. The van der Waals surface area contributed by atoms with Crippen LogP contribution in [0.2, 0.25) is 5.15 Å². The molecular weight excluding hydrogens is 247 g/mol. The lowest BCUT2D eigenvalue weighted by molar-refractivity contribution is 0.0950. The Morgan fingerprint density at radius 3 is 3.06 bits per heavy atom. The average molecular weight is 261 g/mol. The summed E-state index contributed by atoms with van der Waals surface area (Å²) in [5.74, 6) is -1.00. The molecule has 6 heteroatoms. The maximum Gasteiger partial charge on any atom is 0.254 e. The SMILES string of the molecule is COCCCCNC(=O)c1cc(F)cnc1Cl. The van der Waals surface area contributed by atoms with Gasteiger partial charge in [-0.15, -0.1) is 0 Å². The Bertz CT molecular complexity index is 388. The number of nitrogens with one attached hydrogen (secondary N) is 1. The highest BCUT2D eigenvalue weighted by atomic mass is 35.5. The number of rotatable bonds is 6. The van der Waals surface area contributed by atoms with Gasteiger partial charge in [0, 0.05) is 20.3 Å². The summed E-state index contributed by atoms with van der Waals surface area (Å²) >= 11 is 5.70. The van der Waals surface area contributed by atoms with Crippen LogP contribution in [0.5, 0.6) is 0 Å². The van der Waals surface area contributed by atoms with E-state index >= 15 is 0 Å². The van der Waals surface area contributed by atoms with Crippen LogP contribution in [0.15, 0.2) is 12.3 Å². The van der Waals surface area contributed by atoms with Gasteiger partial charge in [0.25, 0.3) is 5.91 Å². The molecule has 0 aliphatic heterocycles. The van der Waals surface area contributed by atoms with E-state index in [-0.39, 0.29) is 10.7 Å². The molecule has 1 aromatic heterocycles. The third kappa shape index (κ3) is 4.66. The molecule has 0 radical (unpaired) electrons. The fourth-order valence-corrected chi connectivity index (χ4v) is 1.44. The number of amides is 1. The summed E-state index contributed by atoms with van der Waals surface area (Å²) < 4.78 is 17.8. The normalized spacial score (nSPS) is 10.3. The van der Waals surface area contributed by atoms with Crippen LogP contribution in [0.25, 0.3) is 0 Å². The first-order valence-corrected chi connectivity index (χ1v) is 5.61. The van der Waals surface area contributed by atoms with Crippen molar-refractivity contribution < 1.29 is 13.9 Å². The minimum atomic E-state index is -0.584. The van der Waals surface area contributed by atoms with Crippen LogP contribution >= 0.6 is 11.6 Å². The molecule has 1 rings (SSSR count). The Labute approximate surface area is 104 Å². The standard InChI is InChI=1S/C11H14ClFN2O2/c1-17-5-3-2-4-14-11(16)9-6-8(13)7-15-10(9)12/h6-7H,2-5H2,1H3,(H,14,16). The lowest BCUT2D eigenvalue weighted by Crippen LogP contribution is -2.25. The van der Waals surface area contributed by atoms with E-state index in [0.717, 1.165) is 25.1 Å². The number of hydrogen-bond donors (Lipinski definition) is 1. The number of carbonyl (C=O) groups is 1. The van der Waals surface area contributed by atoms with Gasteiger partial charge < -0.3 is 10.1 Å². The zero-order chi connectivity index (χ0) is 12.7. The molecule has 0 fully saturated rings. The largest absolute Gasteiger partial charge is 0.385 e. The average Bonchev–Trinajstić information content (AvgIpc) is 2.32. The number of hydrogen-bond acceptors (Lipinski definition) is 3. The van der Waals surface area contributed by atoms with Gasteiger partial charge in [0.05, 0.1) is 11.8 Å². The molecule has 0 saturated heterocycles. The fraction of sp³-hybridized carbons (Fsp3) is 0.455. The highest BCUT2D eigenvalue weighted by Crippen LogP contribution is 2.13. The van der Waals surface area contributed by atoms with E-state index in [1.807, 2.05) is 0 Å². The van der Waals surface area contributed by atoms with Crippen molar-refractivity contribution in [1.82, 2.24) is 10.3 Å². The second-order valence-corrected chi connectivity index (χ2v) is 3.81. The molecular formula is C11H14ClFN2O2. The molecule has 17 heavy (non-hydrogen) atoms. The topological polar surface area (TPSA) is 51.2 Å². The van der Waals surface area contributed by atoms with Crippen molar-refractivity contribution >= 4 is 17.5 Å². The van der Waals surface area contributed by atoms with Crippen LogP contribution in [0, 0.1) is 5.82 Å². The Morgan fingerprint density at radius 1 is 1.59 bits per heavy atom.